The second-order valence-corrected chi connectivity index (χ2v) is 13.6. The number of nitrogens with one attached hydrogen (secondary N) is 2. The van der Waals surface area contributed by atoms with Gasteiger partial charge in [0.15, 0.2) is 0 Å². The first-order chi connectivity index (χ1) is 40.1. The number of ether oxygens (including phenoxy) is 4. The van der Waals surface area contributed by atoms with Crippen LogP contribution in [0.1, 0.15) is 114 Å². The van der Waals surface area contributed by atoms with Crippen molar-refractivity contribution in [2.75, 3.05) is 113 Å². The van der Waals surface area contributed by atoms with Crippen molar-refractivity contribution in [3.63, 3.8) is 0 Å². The van der Waals surface area contributed by atoms with E-state index in [4.69, 9.17) is 60.2 Å². The van der Waals surface area contributed by atoms with Crippen molar-refractivity contribution in [1.82, 2.24) is 30.7 Å². The van der Waals surface area contributed by atoms with E-state index in [9.17, 15) is 38.4 Å². The van der Waals surface area contributed by atoms with E-state index in [1.165, 1.54) is 27.9 Å². The Labute approximate surface area is 639 Å². The number of nitrogens with two attached hydrogens (primary N) is 2. The standard InChI is InChI=1S/C6H6NO4.2C6H13NO3.C5H12O2.C4H7N3.C4H11NO2.3C4H7O.3C3H4.CH3N3.CH5N.CO2.CH4.4Y/c1-4(8)11-7-5(9)2-3-6(7)10;2*1-6(9)7-2-4-10-5-3-8;1-2-4-7-5-3-6;1-4-3-7(2)6-5-4;5-1-3-7-4-2-6;3*1-3-4(2)5;3*1-3-2;1-3-4-2;1-2;2-1-3;;;;;/h1-3H2;2*8H,2-5H2,1H3,(H,7,9);6H,2-5H2,1H3;3H,1-2H3;6H,1-5H2;3*2-3H2,1H3;3*1H,2H3;1H3;2H2,1H3;;1H4;;;;/q-1;;;;;;3*-1;;;;;;;;;;;. The van der Waals surface area contributed by atoms with Crippen molar-refractivity contribution in [2.24, 2.45) is 23.6 Å². The zero-order valence-corrected chi connectivity index (χ0v) is 66.3. The van der Waals surface area contributed by atoms with Gasteiger partial charge >= 0.3 is 6.15 Å². The van der Waals surface area contributed by atoms with Crippen LogP contribution in [0.2, 0.25) is 0 Å². The maximum Gasteiger partial charge on any atom is 0.373 e. The fourth-order valence-electron chi connectivity index (χ4n) is 2.72. The van der Waals surface area contributed by atoms with Gasteiger partial charge in [-0.25, -0.2) is 0 Å². The van der Waals surface area contributed by atoms with Gasteiger partial charge in [0.25, 0.3) is 11.8 Å². The summed E-state index contributed by atoms with van der Waals surface area (Å²) in [6.45, 7) is 35.0. The minimum Gasteiger partial charge on any atom is -0.394 e. The molecule has 0 saturated carbocycles. The van der Waals surface area contributed by atoms with Gasteiger partial charge in [-0.3, -0.25) is 35.6 Å². The summed E-state index contributed by atoms with van der Waals surface area (Å²) >= 11 is 0. The molecule has 4 radical (unpaired) electrons. The molecule has 516 valence electrons. The molecule has 34 heteroatoms. The zero-order valence-electron chi connectivity index (χ0n) is 55.0. The SMILES string of the molecule is C.C#CC.C#CC.C#CC.CC(=O)NCCOCCO.CC(=O)NCCOCCO.CCCOCCO.CN.CN=[N+]=[N-].Cc1cn(C)nn1.NCCOCCO.O=C=O.[CH2-]C(=O)CC.[CH2-]C(=O)CC.[CH2-]C(=O)CC.[CH2-]C(=O)ON1C(=O)CCC1=O.[Y].[Y].[Y].[Y]. The number of imide groups is 1. The molecule has 0 aromatic carbocycles. The van der Waals surface area contributed by atoms with Gasteiger partial charge in [0, 0.05) is 209 Å². The van der Waals surface area contributed by atoms with Crippen molar-refractivity contribution in [3.05, 3.63) is 50.0 Å². The van der Waals surface area contributed by atoms with E-state index in [-0.39, 0.29) is 213 Å². The van der Waals surface area contributed by atoms with Crippen LogP contribution < -0.4 is 22.1 Å². The molecule has 2 rings (SSSR count). The predicted molar refractivity (Wildman–Crippen MR) is 329 cm³/mol. The summed E-state index contributed by atoms with van der Waals surface area (Å²) in [5, 5.41) is 48.7. The van der Waals surface area contributed by atoms with Gasteiger partial charge in [0.1, 0.15) is 0 Å². The third kappa shape index (κ3) is 222. The van der Waals surface area contributed by atoms with Gasteiger partial charge in [-0.2, -0.15) is 9.59 Å². The number of rotatable bonds is 22. The number of hydroxylamine groups is 2. The Kier molecular flexibility index (Phi) is 207. The minimum atomic E-state index is -0.909. The Morgan fingerprint density at radius 2 is 0.922 bits per heavy atom. The molecule has 0 bridgehead atoms. The molecule has 1 aliphatic rings. The smallest absolute Gasteiger partial charge is 0.373 e. The number of aryl methyl sites for hydroxylation is 2. The van der Waals surface area contributed by atoms with Crippen molar-refractivity contribution in [3.8, 4) is 37.0 Å². The largest absolute Gasteiger partial charge is 0.394 e. The van der Waals surface area contributed by atoms with Crippen LogP contribution in [-0.4, -0.2) is 207 Å². The predicted octanol–water partition coefficient (Wildman–Crippen LogP) is 2.03. The molecule has 90 heavy (non-hydrogen) atoms. The molecule has 2 heterocycles. The van der Waals surface area contributed by atoms with Gasteiger partial charge in [-0.15, -0.1) is 47.2 Å². The van der Waals surface area contributed by atoms with Crippen molar-refractivity contribution in [1.29, 1.82) is 0 Å². The quantitative estimate of drug-likeness (QED) is 0.0157. The number of aromatic nitrogens is 3. The molecule has 0 atom stereocenters. The van der Waals surface area contributed by atoms with E-state index >= 15 is 0 Å². The number of ketones is 3. The van der Waals surface area contributed by atoms with Crippen LogP contribution in [-0.2, 0) is 210 Å². The summed E-state index contributed by atoms with van der Waals surface area (Å²) in [5.41, 5.74) is 17.9. The van der Waals surface area contributed by atoms with Crippen LogP contribution in [0.15, 0.2) is 11.3 Å². The molecule has 1 aromatic rings. The Hall–Kier alpha value is -3.43. The molecule has 1 fully saturated rings. The number of carbonyl (C=O) groups excluding carboxylic acids is 10. The summed E-state index contributed by atoms with van der Waals surface area (Å²) in [7, 11) is 4.74. The molecular formula is C56H107N11O19Y4-4. The van der Waals surface area contributed by atoms with Crippen LogP contribution in [0.25, 0.3) is 10.4 Å². The molecule has 0 spiro atoms. The fraction of sp³-hybridized carbons (Fsp3) is 0.625. The van der Waals surface area contributed by atoms with Gasteiger partial charge in [0.05, 0.1) is 78.4 Å². The molecule has 4 amide bonds. The Morgan fingerprint density at radius 3 is 1.08 bits per heavy atom. The Balaban J connectivity index is -0.0000000393. The summed E-state index contributed by atoms with van der Waals surface area (Å²) in [4.78, 5) is 104. The average molecular weight is 1590 g/mol. The first-order valence-electron chi connectivity index (χ1n) is 25.5. The summed E-state index contributed by atoms with van der Waals surface area (Å²) in [6.07, 6.45) is 18.8. The number of carbonyl (C=O) groups is 8. The number of aliphatic hydroxyl groups excluding tert-OH is 4. The van der Waals surface area contributed by atoms with Gasteiger partial charge < -0.3 is 101 Å². The number of aliphatic hydroxyl groups is 4. The molecule has 0 unspecified atom stereocenters. The molecule has 1 aromatic heterocycles. The monoisotopic (exact) mass is 1590 g/mol. The number of Topliss-reactive ketones (excluding diaryl/α,β-unsaturated/α-hetero) is 3. The molecule has 1 aliphatic heterocycles. The van der Waals surface area contributed by atoms with Crippen LogP contribution >= 0.6 is 0 Å². The van der Waals surface area contributed by atoms with E-state index in [0.717, 1.165) is 18.7 Å². The molecule has 0 aliphatic carbocycles. The number of hydrogen-bond donors (Lipinski definition) is 8. The number of azide groups is 1. The van der Waals surface area contributed by atoms with E-state index in [1.54, 1.807) is 46.2 Å². The summed E-state index contributed by atoms with van der Waals surface area (Å²) in [6, 6.07) is 0. The molecule has 1 saturated heterocycles. The van der Waals surface area contributed by atoms with Crippen molar-refractivity contribution >= 4 is 53.1 Å². The number of terminal acetylenes is 3. The molecule has 30 nitrogen and oxygen atoms in total. The maximum atomic E-state index is 10.7. The molecular weight excluding hydrogens is 1490 g/mol. The first-order valence-corrected chi connectivity index (χ1v) is 25.5. The van der Waals surface area contributed by atoms with Crippen molar-refractivity contribution < 1.29 is 223 Å². The van der Waals surface area contributed by atoms with Crippen LogP contribution in [0.5, 0.6) is 0 Å². The second-order valence-electron chi connectivity index (χ2n) is 13.6. The Morgan fingerprint density at radius 1 is 0.667 bits per heavy atom. The topological polar surface area (TPSA) is 457 Å². The summed E-state index contributed by atoms with van der Waals surface area (Å²) < 4.78 is 21.1. The normalized spacial score (nSPS) is 8.24. The van der Waals surface area contributed by atoms with Crippen LogP contribution in [0, 0.1) is 71.7 Å². The number of hydrogen-bond acceptors (Lipinski definition) is 24. The van der Waals surface area contributed by atoms with Crippen LogP contribution in [0.3, 0.4) is 0 Å². The Bertz CT molecular complexity index is 1730. The minimum absolute atomic E-state index is 0. The number of amides is 4. The van der Waals surface area contributed by atoms with Gasteiger partial charge in [0.2, 0.25) is 17.8 Å². The van der Waals surface area contributed by atoms with Gasteiger partial charge in [-0.05, 0) is 83.3 Å². The third-order valence-corrected chi connectivity index (χ3v) is 5.98. The van der Waals surface area contributed by atoms with E-state index in [1.807, 2.05) is 27.1 Å². The third-order valence-electron chi connectivity index (χ3n) is 5.98. The summed E-state index contributed by atoms with van der Waals surface area (Å²) in [5.74, 6) is 4.74. The first kappa shape index (κ1) is 135. The maximum absolute atomic E-state index is 10.7. The average Bonchev–Trinajstić information content (AvgIpc) is 4.00. The number of nitrogens with zero attached hydrogens (tertiary/aromatic N) is 7. The van der Waals surface area contributed by atoms with Gasteiger partial charge in [-0.1, -0.05) is 45.4 Å². The van der Waals surface area contributed by atoms with E-state index in [2.05, 4.69) is 106 Å². The molecule has 10 N–H and O–H groups in total. The fourth-order valence-corrected chi connectivity index (χ4v) is 2.72. The zero-order chi connectivity index (χ0) is 69.5. The van der Waals surface area contributed by atoms with E-state index in [0.29, 0.717) is 90.2 Å². The van der Waals surface area contributed by atoms with Crippen molar-refractivity contribution in [2.45, 2.75) is 115 Å². The van der Waals surface area contributed by atoms with Crippen LogP contribution in [0.4, 0.5) is 0 Å². The van der Waals surface area contributed by atoms with E-state index < -0.39 is 17.8 Å². The second kappa shape index (κ2) is 138.